The van der Waals surface area contributed by atoms with E-state index in [0.29, 0.717) is 41.0 Å². The van der Waals surface area contributed by atoms with Crippen LogP contribution in [0.15, 0.2) is 76.9 Å². The summed E-state index contributed by atoms with van der Waals surface area (Å²) in [5.74, 6) is 0.0268. The average Bonchev–Trinajstić information content (AvgIpc) is 3.44. The number of Topliss-reactive ketones (excluding diaryl/α,β-unsaturated/α-hetero) is 1. The van der Waals surface area contributed by atoms with Gasteiger partial charge in [-0.15, -0.1) is 0 Å². The fourth-order valence-corrected chi connectivity index (χ4v) is 3.71. The van der Waals surface area contributed by atoms with Crippen LogP contribution >= 0.6 is 0 Å². The summed E-state index contributed by atoms with van der Waals surface area (Å²) >= 11 is 0. The Morgan fingerprint density at radius 1 is 1.06 bits per heavy atom. The number of ether oxygens (including phenoxy) is 2. The lowest BCUT2D eigenvalue weighted by Crippen LogP contribution is -2.29. The second-order valence-corrected chi connectivity index (χ2v) is 8.12. The zero-order valence-electron chi connectivity index (χ0n) is 18.6. The van der Waals surface area contributed by atoms with Gasteiger partial charge in [0.15, 0.2) is 0 Å². The van der Waals surface area contributed by atoms with Gasteiger partial charge in [0.05, 0.1) is 25.6 Å². The first-order chi connectivity index (χ1) is 15.9. The predicted octanol–water partition coefficient (Wildman–Crippen LogP) is 4.95. The number of nitrogens with zero attached hydrogens (tertiary/aromatic N) is 1. The number of carbonyl (C=O) groups excluding carboxylic acids is 2. The van der Waals surface area contributed by atoms with Gasteiger partial charge in [-0.2, -0.15) is 0 Å². The van der Waals surface area contributed by atoms with Crippen molar-refractivity contribution in [3.63, 3.8) is 0 Å². The van der Waals surface area contributed by atoms with Gasteiger partial charge in [0, 0.05) is 11.3 Å². The molecule has 3 aromatic rings. The molecule has 0 aliphatic carbocycles. The molecule has 7 nitrogen and oxygen atoms in total. The normalized spacial score (nSPS) is 17.6. The first-order valence-corrected chi connectivity index (χ1v) is 10.6. The molecule has 1 unspecified atom stereocenters. The average molecular weight is 447 g/mol. The molecule has 1 fully saturated rings. The molecular formula is C26H25NO6. The van der Waals surface area contributed by atoms with Gasteiger partial charge in [-0.25, -0.2) is 0 Å². The molecule has 33 heavy (non-hydrogen) atoms. The SMILES string of the molecule is COc1ccc(N2C(=O)C(=O)/C(=C(\O)c3cccc(OCC(C)C)c3)C2c2ccco2)cc1. The minimum absolute atomic E-state index is 0.0493. The molecule has 1 amide bonds. The van der Waals surface area contributed by atoms with Crippen LogP contribution < -0.4 is 14.4 Å². The zero-order chi connectivity index (χ0) is 23.5. The maximum absolute atomic E-state index is 13.1. The van der Waals surface area contributed by atoms with Gasteiger partial charge in [-0.05, 0) is 54.4 Å². The maximum atomic E-state index is 13.1. The van der Waals surface area contributed by atoms with Crippen molar-refractivity contribution in [1.29, 1.82) is 0 Å². The summed E-state index contributed by atoms with van der Waals surface area (Å²) in [7, 11) is 1.54. The number of aliphatic hydroxyl groups excluding tert-OH is 1. The van der Waals surface area contributed by atoms with Gasteiger partial charge in [0.2, 0.25) is 0 Å². The summed E-state index contributed by atoms with van der Waals surface area (Å²) in [4.78, 5) is 27.5. The van der Waals surface area contributed by atoms with Crippen molar-refractivity contribution < 1.29 is 28.6 Å². The third-order valence-electron chi connectivity index (χ3n) is 5.30. The summed E-state index contributed by atoms with van der Waals surface area (Å²) in [5, 5.41) is 11.2. The fourth-order valence-electron chi connectivity index (χ4n) is 3.71. The van der Waals surface area contributed by atoms with Gasteiger partial charge in [0.25, 0.3) is 11.7 Å². The molecule has 1 saturated heterocycles. The van der Waals surface area contributed by atoms with Crippen LogP contribution in [0.25, 0.3) is 5.76 Å². The molecule has 4 rings (SSSR count). The van der Waals surface area contributed by atoms with Crippen molar-refractivity contribution >= 4 is 23.1 Å². The van der Waals surface area contributed by atoms with E-state index < -0.39 is 17.7 Å². The lowest BCUT2D eigenvalue weighted by atomic mass is 9.99. The van der Waals surface area contributed by atoms with Crippen LogP contribution in [0, 0.1) is 5.92 Å². The number of ketones is 1. The lowest BCUT2D eigenvalue weighted by molar-refractivity contribution is -0.132. The molecule has 0 radical (unpaired) electrons. The Morgan fingerprint density at radius 2 is 1.82 bits per heavy atom. The molecule has 1 aliphatic heterocycles. The fraction of sp³-hybridized carbons (Fsp3) is 0.231. The van der Waals surface area contributed by atoms with Crippen molar-refractivity contribution in [2.75, 3.05) is 18.6 Å². The number of hydrogen-bond donors (Lipinski definition) is 1. The Hall–Kier alpha value is -4.00. The van der Waals surface area contributed by atoms with Gasteiger partial charge in [0.1, 0.15) is 29.1 Å². The lowest BCUT2D eigenvalue weighted by Gasteiger charge is -2.23. The molecule has 0 saturated carbocycles. The zero-order valence-corrected chi connectivity index (χ0v) is 18.6. The monoisotopic (exact) mass is 447 g/mol. The molecule has 2 aromatic carbocycles. The summed E-state index contributed by atoms with van der Waals surface area (Å²) < 4.78 is 16.5. The maximum Gasteiger partial charge on any atom is 0.300 e. The first-order valence-electron chi connectivity index (χ1n) is 10.6. The smallest absolute Gasteiger partial charge is 0.300 e. The van der Waals surface area contributed by atoms with Crippen LogP contribution in [0.1, 0.15) is 31.2 Å². The van der Waals surface area contributed by atoms with Gasteiger partial charge in [-0.3, -0.25) is 14.5 Å². The molecule has 1 aliphatic rings. The predicted molar refractivity (Wildman–Crippen MR) is 123 cm³/mol. The Kier molecular flexibility index (Phi) is 6.22. The van der Waals surface area contributed by atoms with Crippen molar-refractivity contribution in [3.8, 4) is 11.5 Å². The number of rotatable bonds is 7. The largest absolute Gasteiger partial charge is 0.507 e. The third-order valence-corrected chi connectivity index (χ3v) is 5.30. The van der Waals surface area contributed by atoms with Crippen LogP contribution in [0.3, 0.4) is 0 Å². The molecule has 170 valence electrons. The summed E-state index contributed by atoms with van der Waals surface area (Å²) in [6.07, 6.45) is 1.46. The Bertz CT molecular complexity index is 1180. The van der Waals surface area contributed by atoms with Crippen LogP contribution in [-0.2, 0) is 9.59 Å². The van der Waals surface area contributed by atoms with Crippen molar-refractivity contribution in [2.45, 2.75) is 19.9 Å². The van der Waals surface area contributed by atoms with E-state index in [9.17, 15) is 14.7 Å². The van der Waals surface area contributed by atoms with Crippen LogP contribution in [0.2, 0.25) is 0 Å². The Morgan fingerprint density at radius 3 is 2.45 bits per heavy atom. The molecular weight excluding hydrogens is 422 g/mol. The van der Waals surface area contributed by atoms with Gasteiger partial charge < -0.3 is 19.0 Å². The summed E-state index contributed by atoms with van der Waals surface area (Å²) in [6.45, 7) is 4.58. The number of aliphatic hydroxyl groups is 1. The summed E-state index contributed by atoms with van der Waals surface area (Å²) in [5.41, 5.74) is 0.805. The minimum atomic E-state index is -0.923. The number of amides is 1. The number of furan rings is 1. The number of anilines is 1. The number of methoxy groups -OCH3 is 1. The standard InChI is InChI=1S/C26H25NO6/c1-16(2)15-33-20-7-4-6-17(14-20)24(28)22-23(21-8-5-13-32-21)27(26(30)25(22)29)18-9-11-19(31-3)12-10-18/h4-14,16,23,28H,15H2,1-3H3/b24-22-. The number of hydrogen-bond acceptors (Lipinski definition) is 6. The second kappa shape index (κ2) is 9.24. The molecule has 1 atom stereocenters. The highest BCUT2D eigenvalue weighted by molar-refractivity contribution is 6.51. The molecule has 1 aromatic heterocycles. The highest BCUT2D eigenvalue weighted by Crippen LogP contribution is 2.42. The molecule has 0 spiro atoms. The minimum Gasteiger partial charge on any atom is -0.507 e. The highest BCUT2D eigenvalue weighted by atomic mass is 16.5. The van der Waals surface area contributed by atoms with Crippen LogP contribution in [-0.4, -0.2) is 30.5 Å². The Labute approximate surface area is 191 Å². The quantitative estimate of drug-likeness (QED) is 0.313. The number of carbonyl (C=O) groups is 2. The van der Waals surface area contributed by atoms with E-state index in [1.54, 1.807) is 67.8 Å². The van der Waals surface area contributed by atoms with E-state index in [1.807, 2.05) is 13.8 Å². The summed E-state index contributed by atoms with van der Waals surface area (Å²) in [6, 6.07) is 16.0. The molecule has 7 heteroatoms. The second-order valence-electron chi connectivity index (χ2n) is 8.12. The third kappa shape index (κ3) is 4.35. The van der Waals surface area contributed by atoms with E-state index in [4.69, 9.17) is 13.9 Å². The van der Waals surface area contributed by atoms with Gasteiger partial charge in [-0.1, -0.05) is 26.0 Å². The van der Waals surface area contributed by atoms with Crippen LogP contribution in [0.4, 0.5) is 5.69 Å². The Balaban J connectivity index is 1.81. The van der Waals surface area contributed by atoms with E-state index >= 15 is 0 Å². The van der Waals surface area contributed by atoms with Crippen molar-refractivity contribution in [3.05, 3.63) is 83.8 Å². The van der Waals surface area contributed by atoms with E-state index in [-0.39, 0.29) is 11.3 Å². The molecule has 2 heterocycles. The van der Waals surface area contributed by atoms with Crippen molar-refractivity contribution in [2.24, 2.45) is 5.92 Å². The molecule has 0 bridgehead atoms. The first kappa shape index (κ1) is 22.2. The van der Waals surface area contributed by atoms with E-state index in [0.717, 1.165) is 0 Å². The topological polar surface area (TPSA) is 89.2 Å². The number of benzene rings is 2. The van der Waals surface area contributed by atoms with Crippen LogP contribution in [0.5, 0.6) is 11.5 Å². The van der Waals surface area contributed by atoms with Crippen molar-refractivity contribution in [1.82, 2.24) is 0 Å². The molecule has 1 N–H and O–H groups in total. The van der Waals surface area contributed by atoms with E-state index in [1.165, 1.54) is 11.2 Å². The van der Waals surface area contributed by atoms with Gasteiger partial charge >= 0.3 is 0 Å². The van der Waals surface area contributed by atoms with E-state index in [2.05, 4.69) is 0 Å². The highest BCUT2D eigenvalue weighted by Gasteiger charge is 2.48.